The monoisotopic (exact) mass is 280 g/mol. The molecule has 0 saturated carbocycles. The lowest BCUT2D eigenvalue weighted by Gasteiger charge is -2.07. The van der Waals surface area contributed by atoms with Gasteiger partial charge in [0.25, 0.3) is 0 Å². The maximum atomic E-state index is 12.1. The highest BCUT2D eigenvalue weighted by Crippen LogP contribution is 2.15. The SMILES string of the molecule is Cc1cnc(CNS(=O)(=O)c2ccc(C)c(C)c2)o1. The van der Waals surface area contributed by atoms with Gasteiger partial charge in [0.1, 0.15) is 5.76 Å². The smallest absolute Gasteiger partial charge is 0.241 e. The van der Waals surface area contributed by atoms with Crippen LogP contribution < -0.4 is 4.72 Å². The molecule has 5 nitrogen and oxygen atoms in total. The Kier molecular flexibility index (Phi) is 3.73. The molecule has 1 heterocycles. The van der Waals surface area contributed by atoms with Gasteiger partial charge in [0.2, 0.25) is 15.9 Å². The fraction of sp³-hybridized carbons (Fsp3) is 0.308. The molecule has 1 N–H and O–H groups in total. The van der Waals surface area contributed by atoms with Crippen molar-refractivity contribution >= 4 is 10.0 Å². The van der Waals surface area contributed by atoms with E-state index in [1.807, 2.05) is 13.8 Å². The number of nitrogens with zero attached hydrogens (tertiary/aromatic N) is 1. The Morgan fingerprint density at radius 2 is 1.95 bits per heavy atom. The number of nitrogens with one attached hydrogen (secondary N) is 1. The predicted molar refractivity (Wildman–Crippen MR) is 71.2 cm³/mol. The lowest BCUT2D eigenvalue weighted by Crippen LogP contribution is -2.23. The Hall–Kier alpha value is -1.66. The van der Waals surface area contributed by atoms with Crippen LogP contribution in [0.5, 0.6) is 0 Å². The second-order valence-electron chi connectivity index (χ2n) is 4.44. The summed E-state index contributed by atoms with van der Waals surface area (Å²) in [6.45, 7) is 5.62. The van der Waals surface area contributed by atoms with Crippen LogP contribution in [0.15, 0.2) is 33.7 Å². The molecule has 0 aliphatic carbocycles. The molecular weight excluding hydrogens is 264 g/mol. The van der Waals surface area contributed by atoms with Crippen molar-refractivity contribution in [2.75, 3.05) is 0 Å². The maximum Gasteiger partial charge on any atom is 0.241 e. The van der Waals surface area contributed by atoms with Crippen LogP contribution in [0.3, 0.4) is 0 Å². The highest BCUT2D eigenvalue weighted by Gasteiger charge is 2.15. The fourth-order valence-electron chi connectivity index (χ4n) is 1.60. The molecule has 0 radical (unpaired) electrons. The van der Waals surface area contributed by atoms with E-state index in [1.165, 1.54) is 0 Å². The van der Waals surface area contributed by atoms with Gasteiger partial charge in [-0.1, -0.05) is 6.07 Å². The lowest BCUT2D eigenvalue weighted by atomic mass is 10.1. The third-order valence-corrected chi connectivity index (χ3v) is 4.27. The van der Waals surface area contributed by atoms with E-state index in [2.05, 4.69) is 9.71 Å². The summed E-state index contributed by atoms with van der Waals surface area (Å²) in [4.78, 5) is 4.20. The van der Waals surface area contributed by atoms with E-state index in [1.54, 1.807) is 31.3 Å². The van der Waals surface area contributed by atoms with Crippen LogP contribution in [0.25, 0.3) is 0 Å². The van der Waals surface area contributed by atoms with Crippen molar-refractivity contribution in [3.8, 4) is 0 Å². The number of hydrogen-bond acceptors (Lipinski definition) is 4. The Morgan fingerprint density at radius 3 is 2.53 bits per heavy atom. The Bertz CT molecular complexity index is 690. The second kappa shape index (κ2) is 5.14. The molecule has 6 heteroatoms. The van der Waals surface area contributed by atoms with Crippen molar-refractivity contribution in [3.63, 3.8) is 0 Å². The fourth-order valence-corrected chi connectivity index (χ4v) is 2.66. The minimum Gasteiger partial charge on any atom is -0.445 e. The van der Waals surface area contributed by atoms with Crippen molar-refractivity contribution in [3.05, 3.63) is 47.2 Å². The third-order valence-electron chi connectivity index (χ3n) is 2.87. The Balaban J connectivity index is 2.16. The van der Waals surface area contributed by atoms with E-state index in [0.29, 0.717) is 11.7 Å². The quantitative estimate of drug-likeness (QED) is 0.930. The van der Waals surface area contributed by atoms with E-state index in [0.717, 1.165) is 11.1 Å². The van der Waals surface area contributed by atoms with Crippen molar-refractivity contribution in [1.82, 2.24) is 9.71 Å². The summed E-state index contributed by atoms with van der Waals surface area (Å²) in [6, 6.07) is 5.03. The molecule has 0 fully saturated rings. The van der Waals surface area contributed by atoms with Gasteiger partial charge in [-0.3, -0.25) is 0 Å². The third kappa shape index (κ3) is 3.21. The van der Waals surface area contributed by atoms with Gasteiger partial charge in [0.15, 0.2) is 0 Å². The van der Waals surface area contributed by atoms with Gasteiger partial charge in [0, 0.05) is 0 Å². The number of oxazole rings is 1. The van der Waals surface area contributed by atoms with Crippen molar-refractivity contribution in [2.24, 2.45) is 0 Å². The summed E-state index contributed by atoms with van der Waals surface area (Å²) in [7, 11) is -3.54. The van der Waals surface area contributed by atoms with E-state index >= 15 is 0 Å². The molecule has 0 unspecified atom stereocenters. The zero-order chi connectivity index (χ0) is 14.0. The first kappa shape index (κ1) is 13.8. The minimum atomic E-state index is -3.54. The largest absolute Gasteiger partial charge is 0.445 e. The molecule has 0 spiro atoms. The zero-order valence-electron chi connectivity index (χ0n) is 11.1. The average Bonchev–Trinajstić information content (AvgIpc) is 2.76. The van der Waals surface area contributed by atoms with Crippen LogP contribution in [-0.4, -0.2) is 13.4 Å². The molecule has 0 bridgehead atoms. The van der Waals surface area contributed by atoms with Gasteiger partial charge in [-0.15, -0.1) is 0 Å². The maximum absolute atomic E-state index is 12.1. The number of sulfonamides is 1. The number of hydrogen-bond donors (Lipinski definition) is 1. The molecule has 0 saturated heterocycles. The molecule has 0 aliphatic heterocycles. The lowest BCUT2D eigenvalue weighted by molar-refractivity contribution is 0.463. The first-order chi connectivity index (χ1) is 8.88. The van der Waals surface area contributed by atoms with Crippen LogP contribution in [0.2, 0.25) is 0 Å². The van der Waals surface area contributed by atoms with Crippen LogP contribution in [0.4, 0.5) is 0 Å². The van der Waals surface area contributed by atoms with Crippen LogP contribution in [-0.2, 0) is 16.6 Å². The second-order valence-corrected chi connectivity index (χ2v) is 6.20. The average molecular weight is 280 g/mol. The molecule has 0 aliphatic rings. The summed E-state index contributed by atoms with van der Waals surface area (Å²) in [6.07, 6.45) is 1.56. The van der Waals surface area contributed by atoms with Crippen LogP contribution in [0.1, 0.15) is 22.8 Å². The highest BCUT2D eigenvalue weighted by molar-refractivity contribution is 7.89. The minimum absolute atomic E-state index is 0.0447. The molecule has 0 atom stereocenters. The van der Waals surface area contributed by atoms with Gasteiger partial charge in [-0.05, 0) is 44.0 Å². The zero-order valence-corrected chi connectivity index (χ0v) is 11.9. The number of aryl methyl sites for hydroxylation is 3. The molecule has 19 heavy (non-hydrogen) atoms. The van der Waals surface area contributed by atoms with Gasteiger partial charge < -0.3 is 4.42 Å². The first-order valence-electron chi connectivity index (χ1n) is 5.87. The molecule has 0 amide bonds. The summed E-state index contributed by atoms with van der Waals surface area (Å²) < 4.78 is 31.9. The van der Waals surface area contributed by atoms with E-state index in [4.69, 9.17) is 4.42 Å². The van der Waals surface area contributed by atoms with Crippen LogP contribution >= 0.6 is 0 Å². The molecule has 102 valence electrons. The van der Waals surface area contributed by atoms with Crippen LogP contribution in [0, 0.1) is 20.8 Å². The summed E-state index contributed by atoms with van der Waals surface area (Å²) >= 11 is 0. The number of rotatable bonds is 4. The molecular formula is C13H16N2O3S. The van der Waals surface area contributed by atoms with Gasteiger partial charge in [-0.25, -0.2) is 18.1 Å². The summed E-state index contributed by atoms with van der Waals surface area (Å²) in [5.74, 6) is 1.00. The molecule has 2 aromatic rings. The topological polar surface area (TPSA) is 72.2 Å². The van der Waals surface area contributed by atoms with Gasteiger partial charge >= 0.3 is 0 Å². The standard InChI is InChI=1S/C13H16N2O3S/c1-9-4-5-12(6-10(9)2)19(16,17)15-8-13-14-7-11(3)18-13/h4-7,15H,8H2,1-3H3. The molecule has 1 aromatic carbocycles. The Morgan fingerprint density at radius 1 is 1.21 bits per heavy atom. The van der Waals surface area contributed by atoms with E-state index in [9.17, 15) is 8.42 Å². The van der Waals surface area contributed by atoms with Crippen molar-refractivity contribution in [2.45, 2.75) is 32.2 Å². The normalized spacial score (nSPS) is 11.7. The molecule has 1 aromatic heterocycles. The summed E-state index contributed by atoms with van der Waals surface area (Å²) in [5.41, 5.74) is 2.00. The van der Waals surface area contributed by atoms with E-state index in [-0.39, 0.29) is 11.4 Å². The Labute approximate surface area is 112 Å². The first-order valence-corrected chi connectivity index (χ1v) is 7.35. The van der Waals surface area contributed by atoms with Gasteiger partial charge in [-0.2, -0.15) is 0 Å². The number of benzene rings is 1. The van der Waals surface area contributed by atoms with E-state index < -0.39 is 10.0 Å². The van der Waals surface area contributed by atoms with Crippen molar-refractivity contribution in [1.29, 1.82) is 0 Å². The van der Waals surface area contributed by atoms with Gasteiger partial charge in [0.05, 0.1) is 17.6 Å². The van der Waals surface area contributed by atoms with Crippen molar-refractivity contribution < 1.29 is 12.8 Å². The highest BCUT2D eigenvalue weighted by atomic mass is 32.2. The molecule has 2 rings (SSSR count). The summed E-state index contributed by atoms with van der Waals surface area (Å²) in [5, 5.41) is 0. The number of aromatic nitrogens is 1. The predicted octanol–water partition coefficient (Wildman–Crippen LogP) is 2.08.